The van der Waals surface area contributed by atoms with Gasteiger partial charge in [-0.1, -0.05) is 5.04 Å². The van der Waals surface area contributed by atoms with Gasteiger partial charge in [0.2, 0.25) is 10.0 Å². The van der Waals surface area contributed by atoms with Crippen molar-refractivity contribution < 1.29 is 49.0 Å². The molecular formula is C11H11NO11S4. The maximum Gasteiger partial charge on any atom is 0.295 e. The molecule has 4 N–H and O–H groups in total. The van der Waals surface area contributed by atoms with Crippen LogP contribution in [0.5, 0.6) is 0 Å². The lowest BCUT2D eigenvalue weighted by Gasteiger charge is -2.13. The van der Waals surface area contributed by atoms with Crippen molar-refractivity contribution in [2.24, 2.45) is 0 Å². The fourth-order valence-corrected chi connectivity index (χ4v) is 4.54. The normalized spacial score (nSPS) is 13.0. The Hall–Kier alpha value is -1.50. The van der Waals surface area contributed by atoms with Crippen molar-refractivity contribution in [2.75, 3.05) is 11.0 Å². The summed E-state index contributed by atoms with van der Waals surface area (Å²) in [6, 6.07) is 3.47. The molecule has 27 heavy (non-hydrogen) atoms. The quantitative estimate of drug-likeness (QED) is 0.199. The summed E-state index contributed by atoms with van der Waals surface area (Å²) in [5, 5.41) is 11.2. The fraction of sp³-hybridized carbons (Fsp3) is 0.0909. The van der Waals surface area contributed by atoms with E-state index in [9.17, 15) is 34.4 Å². The SMILES string of the molecule is CS(=O)(=O)Nc1cc(S(=O)(=O)O)c2cc(S(=O)(=O)O)cc(SOOO)c2c1. The Morgan fingerprint density at radius 1 is 0.926 bits per heavy atom. The molecule has 12 nitrogen and oxygen atoms in total. The van der Waals surface area contributed by atoms with E-state index < -0.39 is 40.1 Å². The number of hydrogen-bond acceptors (Lipinski definition) is 10. The molecular weight excluding hydrogens is 450 g/mol. The smallest absolute Gasteiger partial charge is 0.284 e. The van der Waals surface area contributed by atoms with Crippen LogP contribution in [-0.4, -0.2) is 45.9 Å². The van der Waals surface area contributed by atoms with E-state index in [4.69, 9.17) is 5.26 Å². The van der Waals surface area contributed by atoms with Crippen LogP contribution in [0.3, 0.4) is 0 Å². The predicted octanol–water partition coefficient (Wildman–Crippen LogP) is 1.13. The zero-order chi connectivity index (χ0) is 20.6. The van der Waals surface area contributed by atoms with E-state index in [1.54, 1.807) is 0 Å². The third kappa shape index (κ3) is 5.50. The van der Waals surface area contributed by atoms with Crippen LogP contribution in [0.15, 0.2) is 39.0 Å². The molecule has 0 aliphatic carbocycles. The molecule has 0 fully saturated rings. The van der Waals surface area contributed by atoms with Crippen LogP contribution in [0.2, 0.25) is 0 Å². The molecule has 0 atom stereocenters. The molecule has 0 aliphatic heterocycles. The van der Waals surface area contributed by atoms with Crippen molar-refractivity contribution >= 4 is 58.8 Å². The van der Waals surface area contributed by atoms with Gasteiger partial charge in [-0.05, 0) is 24.3 Å². The standard InChI is InChI=1S/C11H11NO11S4/c1-25(14,15)12-6-2-8-9(11(3-6)27(19,20)21)4-7(26(16,17)18)5-10(8)24-23-22-13/h2-5,12-13H,1H3,(H,16,17,18)(H,19,20,21). The minimum absolute atomic E-state index is 0.106. The number of nitrogens with one attached hydrogen (secondary N) is 1. The van der Waals surface area contributed by atoms with Gasteiger partial charge in [0.05, 0.1) is 28.9 Å². The van der Waals surface area contributed by atoms with E-state index >= 15 is 0 Å². The first-order valence-corrected chi connectivity index (χ1v) is 11.9. The number of benzene rings is 2. The lowest BCUT2D eigenvalue weighted by Crippen LogP contribution is -2.11. The molecule has 0 aliphatic rings. The summed E-state index contributed by atoms with van der Waals surface area (Å²) in [5.41, 5.74) is -0.274. The van der Waals surface area contributed by atoms with Gasteiger partial charge < -0.3 is 0 Å². The summed E-state index contributed by atoms with van der Waals surface area (Å²) >= 11 is 0.225. The summed E-state index contributed by atoms with van der Waals surface area (Å²) in [7, 11) is -13.6. The van der Waals surface area contributed by atoms with Crippen LogP contribution in [0.1, 0.15) is 0 Å². The molecule has 0 aromatic heterocycles. The number of fused-ring (bicyclic) bond motifs is 1. The molecule has 2 aromatic carbocycles. The number of anilines is 1. The second-order valence-electron chi connectivity index (χ2n) is 5.04. The maximum absolute atomic E-state index is 11.7. The number of rotatable bonds is 7. The highest BCUT2D eigenvalue weighted by Crippen LogP contribution is 2.37. The topological polar surface area (TPSA) is 194 Å². The average molecular weight is 461 g/mol. The molecule has 0 amide bonds. The van der Waals surface area contributed by atoms with Gasteiger partial charge in [-0.3, -0.25) is 13.8 Å². The zero-order valence-corrected chi connectivity index (χ0v) is 16.3. The van der Waals surface area contributed by atoms with Crippen molar-refractivity contribution in [3.63, 3.8) is 0 Å². The van der Waals surface area contributed by atoms with Crippen LogP contribution >= 0.6 is 12.0 Å². The summed E-state index contributed by atoms with van der Waals surface area (Å²) < 4.78 is 94.1. The first-order chi connectivity index (χ1) is 12.2. The van der Waals surface area contributed by atoms with E-state index in [1.165, 1.54) is 0 Å². The highest BCUT2D eigenvalue weighted by atomic mass is 32.2. The van der Waals surface area contributed by atoms with Gasteiger partial charge in [-0.2, -0.15) is 16.8 Å². The van der Waals surface area contributed by atoms with Crippen molar-refractivity contribution in [1.29, 1.82) is 0 Å². The zero-order valence-electron chi connectivity index (χ0n) is 13.1. The highest BCUT2D eigenvalue weighted by Gasteiger charge is 2.22. The van der Waals surface area contributed by atoms with Gasteiger partial charge in [-0.25, -0.2) is 13.7 Å². The molecule has 0 radical (unpaired) electrons. The molecule has 0 bridgehead atoms. The van der Waals surface area contributed by atoms with E-state index in [1.807, 2.05) is 4.72 Å². The van der Waals surface area contributed by atoms with Gasteiger partial charge in [0.25, 0.3) is 20.2 Å². The molecule has 0 saturated heterocycles. The number of hydrogen-bond donors (Lipinski definition) is 4. The molecule has 0 heterocycles. The van der Waals surface area contributed by atoms with Gasteiger partial charge >= 0.3 is 0 Å². The van der Waals surface area contributed by atoms with Gasteiger partial charge in [0, 0.05) is 15.7 Å². The average Bonchev–Trinajstić information content (AvgIpc) is 2.48. The van der Waals surface area contributed by atoms with Gasteiger partial charge in [0.15, 0.2) is 0 Å². The predicted molar refractivity (Wildman–Crippen MR) is 92.7 cm³/mol. The largest absolute Gasteiger partial charge is 0.295 e. The Labute approximate surface area is 157 Å². The molecule has 0 unspecified atom stereocenters. The Bertz CT molecular complexity index is 1200. The Balaban J connectivity index is 2.97. The lowest BCUT2D eigenvalue weighted by molar-refractivity contribution is -0.432. The van der Waals surface area contributed by atoms with E-state index in [0.29, 0.717) is 0 Å². The Morgan fingerprint density at radius 2 is 1.56 bits per heavy atom. The second kappa shape index (κ2) is 7.49. The summed E-state index contributed by atoms with van der Waals surface area (Å²) in [6.07, 6.45) is 0.796. The molecule has 0 saturated carbocycles. The first kappa shape index (κ1) is 21.8. The number of sulfonamides is 1. The van der Waals surface area contributed by atoms with Crippen LogP contribution < -0.4 is 4.72 Å². The second-order valence-corrected chi connectivity index (χ2v) is 10.3. The molecule has 150 valence electrons. The van der Waals surface area contributed by atoms with E-state index in [-0.39, 0.29) is 33.4 Å². The van der Waals surface area contributed by atoms with Crippen molar-refractivity contribution in [3.05, 3.63) is 24.3 Å². The van der Waals surface area contributed by atoms with Crippen molar-refractivity contribution in [3.8, 4) is 0 Å². The van der Waals surface area contributed by atoms with E-state index in [0.717, 1.165) is 30.5 Å². The monoisotopic (exact) mass is 461 g/mol. The van der Waals surface area contributed by atoms with E-state index in [2.05, 4.69) is 9.37 Å². The van der Waals surface area contributed by atoms with Crippen molar-refractivity contribution in [2.45, 2.75) is 14.7 Å². The Morgan fingerprint density at radius 3 is 2.04 bits per heavy atom. The lowest BCUT2D eigenvalue weighted by atomic mass is 10.1. The van der Waals surface area contributed by atoms with Gasteiger partial charge in [-0.15, -0.1) is 4.33 Å². The van der Waals surface area contributed by atoms with Gasteiger partial charge in [0.1, 0.15) is 4.90 Å². The van der Waals surface area contributed by atoms with Crippen LogP contribution in [0, 0.1) is 0 Å². The molecule has 16 heteroatoms. The minimum Gasteiger partial charge on any atom is -0.284 e. The van der Waals surface area contributed by atoms with Crippen LogP contribution in [0.25, 0.3) is 10.8 Å². The molecule has 2 aromatic rings. The summed E-state index contributed by atoms with van der Waals surface area (Å²) in [5.74, 6) is 0. The Kier molecular flexibility index (Phi) is 6.05. The fourth-order valence-electron chi connectivity index (χ4n) is 2.13. The highest BCUT2D eigenvalue weighted by molar-refractivity contribution is 7.95. The van der Waals surface area contributed by atoms with Crippen LogP contribution in [0.4, 0.5) is 5.69 Å². The van der Waals surface area contributed by atoms with Crippen LogP contribution in [-0.2, 0) is 39.6 Å². The molecule has 2 rings (SSSR count). The summed E-state index contributed by atoms with van der Waals surface area (Å²) in [4.78, 5) is -1.80. The minimum atomic E-state index is -4.95. The maximum atomic E-state index is 11.7. The summed E-state index contributed by atoms with van der Waals surface area (Å²) in [6.45, 7) is 0. The molecule has 0 spiro atoms. The first-order valence-electron chi connectivity index (χ1n) is 6.42. The van der Waals surface area contributed by atoms with Crippen molar-refractivity contribution in [1.82, 2.24) is 0 Å². The third-order valence-corrected chi connectivity index (χ3v) is 5.98. The third-order valence-electron chi connectivity index (χ3n) is 3.00.